The highest BCUT2D eigenvalue weighted by Crippen LogP contribution is 2.44. The lowest BCUT2D eigenvalue weighted by Crippen LogP contribution is -2.54. The summed E-state index contributed by atoms with van der Waals surface area (Å²) >= 11 is 0. The Bertz CT molecular complexity index is 1330. The number of nitrogens with zero attached hydrogens (tertiary/aromatic N) is 5. The molecule has 6 nitrogen and oxygen atoms in total. The van der Waals surface area contributed by atoms with Crippen molar-refractivity contribution in [1.82, 2.24) is 25.1 Å². The van der Waals surface area contributed by atoms with Crippen LogP contribution in [0.15, 0.2) is 36.7 Å². The first kappa shape index (κ1) is 19.6. The normalized spacial score (nSPS) is 21.6. The maximum Gasteiger partial charge on any atom is 0.160 e. The molecule has 1 aromatic carbocycles. The number of anilines is 1. The van der Waals surface area contributed by atoms with Crippen molar-refractivity contribution in [3.63, 3.8) is 0 Å². The van der Waals surface area contributed by atoms with Gasteiger partial charge in [-0.15, -0.1) is 0 Å². The number of benzene rings is 1. The average molecular weight is 431 g/mol. The summed E-state index contributed by atoms with van der Waals surface area (Å²) in [6.07, 6.45) is 6.14. The van der Waals surface area contributed by atoms with Crippen molar-refractivity contribution in [2.75, 3.05) is 18.0 Å². The van der Waals surface area contributed by atoms with E-state index in [4.69, 9.17) is 9.97 Å². The number of nitrogens with one attached hydrogen (secondary N) is 1. The van der Waals surface area contributed by atoms with Crippen molar-refractivity contribution in [2.45, 2.75) is 44.7 Å². The molecule has 1 saturated carbocycles. The SMILES string of the molecule is CC1CN(c2cnc3nc(-c4cc(F)c5nn(C)cc5c4)cc(C4CC4)c3c2)CC(C)N1. The fourth-order valence-corrected chi connectivity index (χ4v) is 5.07. The van der Waals surface area contributed by atoms with Crippen LogP contribution < -0.4 is 10.2 Å². The number of pyridine rings is 2. The van der Waals surface area contributed by atoms with E-state index in [0.29, 0.717) is 23.5 Å². The van der Waals surface area contributed by atoms with Gasteiger partial charge < -0.3 is 10.2 Å². The smallest absolute Gasteiger partial charge is 0.160 e. The lowest BCUT2D eigenvalue weighted by molar-refractivity contribution is 0.407. The molecule has 2 atom stereocenters. The van der Waals surface area contributed by atoms with Crippen LogP contribution in [0.5, 0.6) is 0 Å². The predicted octanol–water partition coefficient (Wildman–Crippen LogP) is 4.39. The Hall–Kier alpha value is -3.06. The molecule has 1 saturated heterocycles. The number of aryl methyl sites for hydroxylation is 1. The van der Waals surface area contributed by atoms with Crippen molar-refractivity contribution in [3.8, 4) is 11.3 Å². The van der Waals surface area contributed by atoms with Crippen LogP contribution >= 0.6 is 0 Å². The van der Waals surface area contributed by atoms with Crippen molar-refractivity contribution < 1.29 is 4.39 Å². The van der Waals surface area contributed by atoms with Gasteiger partial charge in [-0.3, -0.25) is 4.68 Å². The van der Waals surface area contributed by atoms with Gasteiger partial charge in [0.15, 0.2) is 11.5 Å². The summed E-state index contributed by atoms with van der Waals surface area (Å²) in [4.78, 5) is 12.0. The first-order chi connectivity index (χ1) is 15.4. The van der Waals surface area contributed by atoms with Gasteiger partial charge in [-0.1, -0.05) is 0 Å². The Morgan fingerprint density at radius 2 is 1.84 bits per heavy atom. The highest BCUT2D eigenvalue weighted by Gasteiger charge is 2.28. The lowest BCUT2D eigenvalue weighted by Gasteiger charge is -2.37. The molecule has 1 N–H and O–H groups in total. The largest absolute Gasteiger partial charge is 0.367 e. The van der Waals surface area contributed by atoms with Gasteiger partial charge in [-0.2, -0.15) is 5.10 Å². The fourth-order valence-electron chi connectivity index (χ4n) is 5.07. The number of hydrogen-bond donors (Lipinski definition) is 1. The molecule has 0 spiro atoms. The zero-order valence-electron chi connectivity index (χ0n) is 18.6. The Labute approximate surface area is 186 Å². The van der Waals surface area contributed by atoms with Crippen molar-refractivity contribution >= 4 is 27.6 Å². The maximum absolute atomic E-state index is 14.7. The summed E-state index contributed by atoms with van der Waals surface area (Å²) in [5.41, 5.74) is 5.09. The highest BCUT2D eigenvalue weighted by molar-refractivity contribution is 5.88. The average Bonchev–Trinajstić information content (AvgIpc) is 3.53. The van der Waals surface area contributed by atoms with Crippen molar-refractivity contribution in [3.05, 3.63) is 48.0 Å². The molecule has 0 bridgehead atoms. The van der Waals surface area contributed by atoms with E-state index in [1.807, 2.05) is 18.5 Å². The Morgan fingerprint density at radius 3 is 2.59 bits per heavy atom. The zero-order chi connectivity index (χ0) is 22.0. The molecule has 7 heteroatoms. The molecule has 1 aliphatic carbocycles. The Balaban J connectivity index is 1.46. The predicted molar refractivity (Wildman–Crippen MR) is 125 cm³/mol. The molecule has 3 aromatic heterocycles. The van der Waals surface area contributed by atoms with E-state index < -0.39 is 0 Å². The summed E-state index contributed by atoms with van der Waals surface area (Å²) in [6.45, 7) is 6.37. The number of aromatic nitrogens is 4. The summed E-state index contributed by atoms with van der Waals surface area (Å²) in [5, 5.41) is 9.71. The van der Waals surface area contributed by atoms with Gasteiger partial charge >= 0.3 is 0 Å². The van der Waals surface area contributed by atoms with E-state index in [2.05, 4.69) is 41.3 Å². The minimum absolute atomic E-state index is 0.321. The van der Waals surface area contributed by atoms with Gasteiger partial charge in [0.25, 0.3) is 0 Å². The summed E-state index contributed by atoms with van der Waals surface area (Å²) in [6, 6.07) is 8.78. The lowest BCUT2D eigenvalue weighted by atomic mass is 10.0. The van der Waals surface area contributed by atoms with Gasteiger partial charge in [0.1, 0.15) is 5.52 Å². The van der Waals surface area contributed by atoms with E-state index >= 15 is 0 Å². The molecule has 6 rings (SSSR count). The number of rotatable bonds is 3. The molecule has 164 valence electrons. The van der Waals surface area contributed by atoms with Gasteiger partial charge in [-0.25, -0.2) is 14.4 Å². The summed E-state index contributed by atoms with van der Waals surface area (Å²) in [7, 11) is 1.81. The molecule has 4 heterocycles. The second-order valence-corrected chi connectivity index (χ2v) is 9.51. The minimum atomic E-state index is -0.321. The standard InChI is InChI=1S/C25H27FN6/c1-14-11-32(12-15(2)28-14)19-8-21-20(16-4-5-16)9-23(29-25(21)27-10-19)17-6-18-13-31(3)30-24(18)22(26)7-17/h6-10,13-16,28H,4-5,11-12H2,1-3H3. The third-order valence-corrected chi connectivity index (χ3v) is 6.59. The monoisotopic (exact) mass is 430 g/mol. The zero-order valence-corrected chi connectivity index (χ0v) is 18.6. The van der Waals surface area contributed by atoms with Crippen molar-refractivity contribution in [1.29, 1.82) is 0 Å². The second-order valence-electron chi connectivity index (χ2n) is 9.51. The topological polar surface area (TPSA) is 58.9 Å². The Kier molecular flexibility index (Phi) is 4.43. The third-order valence-electron chi connectivity index (χ3n) is 6.59. The van der Waals surface area contributed by atoms with Gasteiger partial charge in [0.2, 0.25) is 0 Å². The van der Waals surface area contributed by atoms with E-state index in [9.17, 15) is 4.39 Å². The van der Waals surface area contributed by atoms with E-state index in [1.54, 1.807) is 11.7 Å². The van der Waals surface area contributed by atoms with E-state index in [-0.39, 0.29) is 5.82 Å². The molecule has 1 aliphatic heterocycles. The van der Waals surface area contributed by atoms with Crippen LogP contribution in [0.1, 0.15) is 38.2 Å². The number of hydrogen-bond acceptors (Lipinski definition) is 5. The summed E-state index contributed by atoms with van der Waals surface area (Å²) < 4.78 is 16.4. The molecule has 4 aromatic rings. The molecule has 2 fully saturated rings. The molecular weight excluding hydrogens is 403 g/mol. The molecule has 0 amide bonds. The molecule has 2 aliphatic rings. The molecule has 32 heavy (non-hydrogen) atoms. The third kappa shape index (κ3) is 3.41. The quantitative estimate of drug-likeness (QED) is 0.523. The highest BCUT2D eigenvalue weighted by atomic mass is 19.1. The number of piperazine rings is 1. The molecule has 2 unspecified atom stereocenters. The molecule has 0 radical (unpaired) electrons. The number of halogens is 1. The van der Waals surface area contributed by atoms with Crippen LogP contribution in [-0.2, 0) is 7.05 Å². The van der Waals surface area contributed by atoms with Gasteiger partial charge in [0, 0.05) is 54.8 Å². The fraction of sp³-hybridized carbons (Fsp3) is 0.400. The molecular formula is C25H27FN6. The minimum Gasteiger partial charge on any atom is -0.367 e. The maximum atomic E-state index is 14.7. The van der Waals surface area contributed by atoms with E-state index in [0.717, 1.165) is 46.5 Å². The first-order valence-corrected chi connectivity index (χ1v) is 11.4. The van der Waals surface area contributed by atoms with Crippen molar-refractivity contribution in [2.24, 2.45) is 7.05 Å². The first-order valence-electron chi connectivity index (χ1n) is 11.4. The van der Waals surface area contributed by atoms with Crippen LogP contribution in [0.2, 0.25) is 0 Å². The van der Waals surface area contributed by atoms with Crippen LogP contribution in [0, 0.1) is 5.82 Å². The van der Waals surface area contributed by atoms with Crippen LogP contribution in [-0.4, -0.2) is 44.9 Å². The second kappa shape index (κ2) is 7.24. The van der Waals surface area contributed by atoms with Gasteiger partial charge in [-0.05, 0) is 62.4 Å². The van der Waals surface area contributed by atoms with E-state index in [1.165, 1.54) is 24.5 Å². The van der Waals surface area contributed by atoms with Crippen LogP contribution in [0.4, 0.5) is 10.1 Å². The number of fused-ring (bicyclic) bond motifs is 2. The van der Waals surface area contributed by atoms with Gasteiger partial charge in [0.05, 0.1) is 17.6 Å². The Morgan fingerprint density at radius 1 is 1.06 bits per heavy atom. The van der Waals surface area contributed by atoms with Crippen LogP contribution in [0.25, 0.3) is 33.2 Å². The summed E-state index contributed by atoms with van der Waals surface area (Å²) in [5.74, 6) is 0.211. The van der Waals surface area contributed by atoms with Crippen LogP contribution in [0.3, 0.4) is 0 Å².